The predicted octanol–water partition coefficient (Wildman–Crippen LogP) is 5.49. The first-order valence-corrected chi connectivity index (χ1v) is 13.1. The minimum Gasteiger partial charge on any atom is -0.497 e. The van der Waals surface area contributed by atoms with E-state index in [4.69, 9.17) is 21.1 Å². The van der Waals surface area contributed by atoms with E-state index >= 15 is 0 Å². The van der Waals surface area contributed by atoms with Gasteiger partial charge in [-0.15, -0.1) is 0 Å². The van der Waals surface area contributed by atoms with Gasteiger partial charge in [-0.1, -0.05) is 29.3 Å². The summed E-state index contributed by atoms with van der Waals surface area (Å²) in [6, 6.07) is 18.8. The molecule has 0 radical (unpaired) electrons. The van der Waals surface area contributed by atoms with Crippen molar-refractivity contribution in [1.29, 1.82) is 0 Å². The molecule has 1 heterocycles. The van der Waals surface area contributed by atoms with Crippen molar-refractivity contribution >= 4 is 33.2 Å². The van der Waals surface area contributed by atoms with E-state index in [0.29, 0.717) is 47.3 Å². The highest BCUT2D eigenvalue weighted by atomic mass is 35.5. The number of benzene rings is 3. The Kier molecular flexibility index (Phi) is 7.64. The van der Waals surface area contributed by atoms with Gasteiger partial charge in [0, 0.05) is 18.1 Å². The van der Waals surface area contributed by atoms with Crippen molar-refractivity contribution in [2.24, 2.45) is 5.92 Å². The van der Waals surface area contributed by atoms with E-state index in [1.54, 1.807) is 73.8 Å². The number of nitrogens with zero attached hydrogens (tertiary/aromatic N) is 1. The maximum Gasteiger partial charge on any atom is 0.243 e. The van der Waals surface area contributed by atoms with Crippen molar-refractivity contribution in [3.8, 4) is 17.2 Å². The third-order valence-electron chi connectivity index (χ3n) is 5.90. The molecule has 0 saturated carbocycles. The molecule has 184 valence electrons. The van der Waals surface area contributed by atoms with Crippen LogP contribution in [0.3, 0.4) is 0 Å². The summed E-state index contributed by atoms with van der Waals surface area (Å²) in [5.74, 6) is 0.904. The molecule has 0 spiro atoms. The Hall–Kier alpha value is -3.07. The quantitative estimate of drug-likeness (QED) is 0.450. The maximum atomic E-state index is 13.2. The number of sulfonamides is 1. The number of hydrogen-bond donors (Lipinski definition) is 1. The molecule has 4 rings (SSSR count). The monoisotopic (exact) mass is 514 g/mol. The van der Waals surface area contributed by atoms with Gasteiger partial charge in [0.1, 0.15) is 11.5 Å². The van der Waals surface area contributed by atoms with E-state index in [2.05, 4.69) is 5.32 Å². The van der Waals surface area contributed by atoms with Crippen molar-refractivity contribution in [1.82, 2.24) is 4.31 Å². The summed E-state index contributed by atoms with van der Waals surface area (Å²) in [6.07, 6.45) is 1.18. The van der Waals surface area contributed by atoms with E-state index in [1.807, 2.05) is 6.92 Å². The van der Waals surface area contributed by atoms with Crippen LogP contribution in [-0.4, -0.2) is 38.8 Å². The summed E-state index contributed by atoms with van der Waals surface area (Å²) in [5, 5.41) is 3.33. The van der Waals surface area contributed by atoms with Gasteiger partial charge in [0.2, 0.25) is 15.9 Å². The van der Waals surface area contributed by atoms with Gasteiger partial charge in [-0.25, -0.2) is 8.42 Å². The lowest BCUT2D eigenvalue weighted by atomic mass is 9.98. The lowest BCUT2D eigenvalue weighted by Crippen LogP contribution is -2.43. The summed E-state index contributed by atoms with van der Waals surface area (Å²) in [5.41, 5.74) is 1.39. The first-order chi connectivity index (χ1) is 16.8. The molecule has 1 aliphatic heterocycles. The number of rotatable bonds is 7. The van der Waals surface area contributed by atoms with Crippen LogP contribution in [0, 0.1) is 12.8 Å². The number of ether oxygens (including phenoxy) is 2. The van der Waals surface area contributed by atoms with E-state index in [0.717, 1.165) is 5.56 Å². The first kappa shape index (κ1) is 25.0. The highest BCUT2D eigenvalue weighted by molar-refractivity contribution is 7.89. The zero-order chi connectivity index (χ0) is 25.0. The van der Waals surface area contributed by atoms with Gasteiger partial charge in [0.05, 0.1) is 23.6 Å². The molecule has 1 unspecified atom stereocenters. The van der Waals surface area contributed by atoms with Crippen molar-refractivity contribution in [2.45, 2.75) is 24.7 Å². The van der Waals surface area contributed by atoms with E-state index < -0.39 is 15.9 Å². The Labute approximate surface area is 210 Å². The van der Waals surface area contributed by atoms with Crippen LogP contribution in [0.1, 0.15) is 18.4 Å². The molecule has 1 fully saturated rings. The van der Waals surface area contributed by atoms with Crippen molar-refractivity contribution < 1.29 is 22.7 Å². The summed E-state index contributed by atoms with van der Waals surface area (Å²) in [6.45, 7) is 2.39. The highest BCUT2D eigenvalue weighted by Crippen LogP contribution is 2.34. The number of aryl methyl sites for hydroxylation is 1. The van der Waals surface area contributed by atoms with Crippen LogP contribution in [0.15, 0.2) is 71.6 Å². The standard InChI is InChI=1S/C26H27ClN2O5S/c1-18-5-12-23(13-6-18)35(31,32)29-15-3-4-19(17-29)26(30)28-24-16-20(27)7-14-25(24)34-22-10-8-21(33-2)9-11-22/h5-14,16,19H,3-4,15,17H2,1-2H3,(H,28,30). The number of amides is 1. The second-order valence-electron chi connectivity index (χ2n) is 8.42. The molecule has 1 N–H and O–H groups in total. The van der Waals surface area contributed by atoms with Crippen LogP contribution in [0.2, 0.25) is 5.02 Å². The molecule has 9 heteroatoms. The van der Waals surface area contributed by atoms with Gasteiger partial charge in [0.15, 0.2) is 5.75 Å². The molecule has 1 saturated heterocycles. The number of carbonyl (C=O) groups excluding carboxylic acids is 1. The fraction of sp³-hybridized carbons (Fsp3) is 0.269. The van der Waals surface area contributed by atoms with Crippen molar-refractivity contribution in [3.05, 3.63) is 77.3 Å². The molecule has 0 aliphatic carbocycles. The average molecular weight is 515 g/mol. The topological polar surface area (TPSA) is 84.9 Å². The van der Waals surface area contributed by atoms with Crippen LogP contribution >= 0.6 is 11.6 Å². The summed E-state index contributed by atoms with van der Waals surface area (Å²) >= 11 is 6.18. The fourth-order valence-electron chi connectivity index (χ4n) is 3.93. The zero-order valence-electron chi connectivity index (χ0n) is 19.5. The van der Waals surface area contributed by atoms with Crippen LogP contribution in [0.25, 0.3) is 0 Å². The van der Waals surface area contributed by atoms with Gasteiger partial charge >= 0.3 is 0 Å². The summed E-state index contributed by atoms with van der Waals surface area (Å²) < 4.78 is 38.8. The number of nitrogens with one attached hydrogen (secondary N) is 1. The third kappa shape index (κ3) is 5.96. The first-order valence-electron chi connectivity index (χ1n) is 11.3. The predicted molar refractivity (Wildman–Crippen MR) is 136 cm³/mol. The normalized spacial score (nSPS) is 16.5. The molecule has 0 aromatic heterocycles. The number of carbonyl (C=O) groups is 1. The third-order valence-corrected chi connectivity index (χ3v) is 8.01. The van der Waals surface area contributed by atoms with Gasteiger partial charge < -0.3 is 14.8 Å². The Morgan fingerprint density at radius 2 is 1.71 bits per heavy atom. The molecule has 3 aromatic carbocycles. The second kappa shape index (κ2) is 10.7. The minimum atomic E-state index is -3.68. The Balaban J connectivity index is 1.49. The Morgan fingerprint density at radius 3 is 2.40 bits per heavy atom. The van der Waals surface area contributed by atoms with Crippen LogP contribution in [0.5, 0.6) is 17.2 Å². The molecular formula is C26H27ClN2O5S. The Bertz CT molecular complexity index is 1290. The molecule has 1 amide bonds. The maximum absolute atomic E-state index is 13.2. The van der Waals surface area contributed by atoms with Gasteiger partial charge in [0.25, 0.3) is 0 Å². The average Bonchev–Trinajstić information content (AvgIpc) is 2.86. The van der Waals surface area contributed by atoms with E-state index in [1.165, 1.54) is 4.31 Å². The van der Waals surface area contributed by atoms with E-state index in [9.17, 15) is 13.2 Å². The molecule has 1 atom stereocenters. The van der Waals surface area contributed by atoms with Crippen molar-refractivity contribution in [2.75, 3.05) is 25.5 Å². The van der Waals surface area contributed by atoms with Crippen molar-refractivity contribution in [3.63, 3.8) is 0 Å². The molecule has 0 bridgehead atoms. The van der Waals surface area contributed by atoms with Crippen LogP contribution in [0.4, 0.5) is 5.69 Å². The van der Waals surface area contributed by atoms with Crippen LogP contribution < -0.4 is 14.8 Å². The molecule has 7 nitrogen and oxygen atoms in total. The van der Waals surface area contributed by atoms with Gasteiger partial charge in [-0.05, 0) is 74.4 Å². The molecule has 35 heavy (non-hydrogen) atoms. The largest absolute Gasteiger partial charge is 0.497 e. The lowest BCUT2D eigenvalue weighted by molar-refractivity contribution is -0.120. The second-order valence-corrected chi connectivity index (χ2v) is 10.8. The minimum absolute atomic E-state index is 0.108. The van der Waals surface area contributed by atoms with Crippen LogP contribution in [-0.2, 0) is 14.8 Å². The molecule has 3 aromatic rings. The SMILES string of the molecule is COc1ccc(Oc2ccc(Cl)cc2NC(=O)C2CCCN(S(=O)(=O)c3ccc(C)cc3)C2)cc1. The van der Waals surface area contributed by atoms with E-state index in [-0.39, 0.29) is 17.3 Å². The zero-order valence-corrected chi connectivity index (χ0v) is 21.1. The van der Waals surface area contributed by atoms with Gasteiger partial charge in [-0.2, -0.15) is 4.31 Å². The lowest BCUT2D eigenvalue weighted by Gasteiger charge is -2.31. The number of anilines is 1. The number of halogens is 1. The molecule has 1 aliphatic rings. The smallest absolute Gasteiger partial charge is 0.243 e. The summed E-state index contributed by atoms with van der Waals surface area (Å²) in [4.78, 5) is 13.4. The fourth-order valence-corrected chi connectivity index (χ4v) is 5.62. The highest BCUT2D eigenvalue weighted by Gasteiger charge is 2.33. The number of methoxy groups -OCH3 is 1. The summed E-state index contributed by atoms with van der Waals surface area (Å²) in [7, 11) is -2.10. The van der Waals surface area contributed by atoms with Gasteiger partial charge in [-0.3, -0.25) is 4.79 Å². The Morgan fingerprint density at radius 1 is 1.03 bits per heavy atom. The molecular weight excluding hydrogens is 488 g/mol. The number of piperidine rings is 1. The number of hydrogen-bond acceptors (Lipinski definition) is 5.